The minimum Gasteiger partial charge on any atom is -0.398 e. The fraction of sp³-hybridized carbons (Fsp3) is 0.190. The molecule has 8 heteroatoms. The lowest BCUT2D eigenvalue weighted by Crippen LogP contribution is -2.22. The Labute approximate surface area is 173 Å². The van der Waals surface area contributed by atoms with Gasteiger partial charge in [0.05, 0.1) is 13.2 Å². The van der Waals surface area contributed by atoms with Crippen molar-refractivity contribution in [2.45, 2.75) is 5.92 Å². The van der Waals surface area contributed by atoms with Crippen molar-refractivity contribution >= 4 is 30.9 Å². The summed E-state index contributed by atoms with van der Waals surface area (Å²) in [6.07, 6.45) is 0. The third-order valence-corrected chi connectivity index (χ3v) is 7.14. The lowest BCUT2D eigenvalue weighted by atomic mass is 9.90. The van der Waals surface area contributed by atoms with Crippen LogP contribution in [-0.2, 0) is 9.05 Å². The van der Waals surface area contributed by atoms with Crippen molar-refractivity contribution in [3.8, 4) is 21.6 Å². The van der Waals surface area contributed by atoms with E-state index in [-0.39, 0.29) is 5.92 Å². The number of amides is 1. The van der Waals surface area contributed by atoms with Crippen LogP contribution in [0.1, 0.15) is 21.8 Å². The topological polar surface area (TPSA) is 108 Å². The van der Waals surface area contributed by atoms with Crippen LogP contribution < -0.4 is 11.5 Å². The highest BCUT2D eigenvalue weighted by molar-refractivity contribution is 7.59. The molecule has 1 amide bonds. The van der Waals surface area contributed by atoms with Gasteiger partial charge in [0.15, 0.2) is 0 Å². The second-order valence-electron chi connectivity index (χ2n) is 7.04. The highest BCUT2D eigenvalue weighted by atomic mass is 32.1. The number of primary amides is 1. The normalized spacial score (nSPS) is 21.8. The lowest BCUT2D eigenvalue weighted by Gasteiger charge is -2.34. The van der Waals surface area contributed by atoms with Crippen LogP contribution in [0, 0.1) is 0 Å². The number of carbonyl (C=O) groups is 1. The number of nitrogens with two attached hydrogens (primary N) is 2. The second kappa shape index (κ2) is 7.86. The molecule has 29 heavy (non-hydrogen) atoms. The molecule has 1 fully saturated rings. The third-order valence-electron chi connectivity index (χ3n) is 4.96. The maximum Gasteiger partial charge on any atom is 0.249 e. The van der Waals surface area contributed by atoms with Crippen LogP contribution in [0.2, 0.25) is 0 Å². The molecular formula is C21H22N2O4PS. The van der Waals surface area contributed by atoms with Crippen molar-refractivity contribution in [3.05, 3.63) is 65.0 Å². The summed E-state index contributed by atoms with van der Waals surface area (Å²) in [4.78, 5) is 23.1. The summed E-state index contributed by atoms with van der Waals surface area (Å²) >= 11 is 1.64. The SMILES string of the molecule is C[P]1(O)OCC(c2ccc(C(N)=O)c(-c3cc(-c4cccs4)ccc3N)c2)CO1. The minimum absolute atomic E-state index is 0.0578. The molecule has 2 heterocycles. The van der Waals surface area contributed by atoms with E-state index in [1.165, 1.54) is 0 Å². The molecule has 0 atom stereocenters. The summed E-state index contributed by atoms with van der Waals surface area (Å²) in [5.41, 5.74) is 16.3. The predicted molar refractivity (Wildman–Crippen MR) is 118 cm³/mol. The molecule has 1 aliphatic heterocycles. The number of benzene rings is 2. The first kappa shape index (κ1) is 20.0. The Morgan fingerprint density at radius 1 is 1.14 bits per heavy atom. The van der Waals surface area contributed by atoms with E-state index in [1.54, 1.807) is 24.1 Å². The van der Waals surface area contributed by atoms with Crippen LogP contribution in [0.25, 0.3) is 21.6 Å². The summed E-state index contributed by atoms with van der Waals surface area (Å²) in [5.74, 6) is -0.574. The Kier molecular flexibility index (Phi) is 5.42. The van der Waals surface area contributed by atoms with Gasteiger partial charge in [-0.2, -0.15) is 0 Å². The number of anilines is 1. The fourth-order valence-electron chi connectivity index (χ4n) is 3.37. The smallest absolute Gasteiger partial charge is 0.249 e. The van der Waals surface area contributed by atoms with Crippen molar-refractivity contribution in [3.63, 3.8) is 0 Å². The van der Waals surface area contributed by atoms with Crippen LogP contribution in [0.15, 0.2) is 53.9 Å². The van der Waals surface area contributed by atoms with Crippen molar-refractivity contribution in [2.75, 3.05) is 25.6 Å². The summed E-state index contributed by atoms with van der Waals surface area (Å²) in [5, 5.41) is 2.02. The summed E-state index contributed by atoms with van der Waals surface area (Å²) < 4.78 is 11.0. The van der Waals surface area contributed by atoms with Crippen molar-refractivity contribution in [2.24, 2.45) is 5.73 Å². The Morgan fingerprint density at radius 3 is 2.55 bits per heavy atom. The molecule has 0 aliphatic carbocycles. The van der Waals surface area contributed by atoms with Crippen LogP contribution in [0.4, 0.5) is 5.69 Å². The van der Waals surface area contributed by atoms with Crippen molar-refractivity contribution < 1.29 is 18.7 Å². The average molecular weight is 429 g/mol. The van der Waals surface area contributed by atoms with Gasteiger partial charge in [-0.15, -0.1) is 11.3 Å². The van der Waals surface area contributed by atoms with E-state index in [0.717, 1.165) is 21.6 Å². The lowest BCUT2D eigenvalue weighted by molar-refractivity contribution is 0.100. The maximum atomic E-state index is 12.1. The summed E-state index contributed by atoms with van der Waals surface area (Å²) in [7, 11) is -2.72. The van der Waals surface area contributed by atoms with E-state index in [4.69, 9.17) is 20.5 Å². The molecule has 1 aliphatic rings. The van der Waals surface area contributed by atoms with Gasteiger partial charge in [0.2, 0.25) is 13.9 Å². The number of thiophene rings is 1. The highest BCUT2D eigenvalue weighted by Crippen LogP contribution is 2.56. The quantitative estimate of drug-likeness (QED) is 0.424. The average Bonchev–Trinajstić information content (AvgIpc) is 3.22. The first-order valence-corrected chi connectivity index (χ1v) is 12.0. The summed E-state index contributed by atoms with van der Waals surface area (Å²) in [6.45, 7) is 2.27. The third kappa shape index (κ3) is 4.20. The first-order valence-electron chi connectivity index (χ1n) is 9.10. The van der Waals surface area contributed by atoms with E-state index < -0.39 is 13.9 Å². The maximum absolute atomic E-state index is 12.1. The fourth-order valence-corrected chi connectivity index (χ4v) is 5.09. The Hall–Kier alpha value is -2.28. The molecule has 3 aromatic rings. The van der Waals surface area contributed by atoms with Crippen LogP contribution >= 0.6 is 19.3 Å². The molecule has 0 bridgehead atoms. The van der Waals surface area contributed by atoms with Gasteiger partial charge in [-0.05, 0) is 52.4 Å². The van der Waals surface area contributed by atoms with Gasteiger partial charge in [-0.25, -0.2) is 0 Å². The molecule has 1 saturated heterocycles. The molecule has 151 valence electrons. The van der Waals surface area contributed by atoms with Gasteiger partial charge in [-0.1, -0.05) is 18.2 Å². The van der Waals surface area contributed by atoms with Gasteiger partial charge < -0.3 is 25.4 Å². The molecule has 6 nitrogen and oxygen atoms in total. The van der Waals surface area contributed by atoms with Crippen molar-refractivity contribution in [1.29, 1.82) is 0 Å². The number of nitrogen functional groups attached to an aromatic ring is 1. The standard InChI is InChI=1S/C21H22N2O4PS/c1-28(25)26-11-15(12-27-28)13-4-6-16(21(23)24)17(9-13)18-10-14(5-7-19(18)22)20-3-2-8-29-20/h2-10,15,25H,11-12,22H2,1H3,(H2,23,24). The van der Waals surface area contributed by atoms with Gasteiger partial charge in [0.1, 0.15) is 0 Å². The number of hydrogen-bond donors (Lipinski definition) is 3. The van der Waals surface area contributed by atoms with E-state index in [9.17, 15) is 9.69 Å². The van der Waals surface area contributed by atoms with E-state index in [1.807, 2.05) is 47.8 Å². The van der Waals surface area contributed by atoms with E-state index >= 15 is 0 Å². The number of carbonyl (C=O) groups excluding carboxylic acids is 1. The second-order valence-corrected chi connectivity index (χ2v) is 10.1. The molecular weight excluding hydrogens is 407 g/mol. The zero-order chi connectivity index (χ0) is 20.6. The molecule has 5 N–H and O–H groups in total. The molecule has 2 aromatic carbocycles. The van der Waals surface area contributed by atoms with Gasteiger partial charge in [0, 0.05) is 34.3 Å². The Balaban J connectivity index is 1.78. The van der Waals surface area contributed by atoms with Crippen LogP contribution in [-0.4, -0.2) is 30.7 Å². The molecule has 1 aromatic heterocycles. The van der Waals surface area contributed by atoms with E-state index in [0.29, 0.717) is 30.0 Å². The Morgan fingerprint density at radius 2 is 1.90 bits per heavy atom. The van der Waals surface area contributed by atoms with Crippen molar-refractivity contribution in [1.82, 2.24) is 0 Å². The number of hydrogen-bond acceptors (Lipinski definition) is 6. The molecule has 0 saturated carbocycles. The minimum atomic E-state index is -2.72. The van der Waals surface area contributed by atoms with E-state index in [2.05, 4.69) is 0 Å². The predicted octanol–water partition coefficient (Wildman–Crippen LogP) is 4.28. The van der Waals surface area contributed by atoms with Gasteiger partial charge >= 0.3 is 0 Å². The number of rotatable bonds is 4. The largest absolute Gasteiger partial charge is 0.398 e. The monoisotopic (exact) mass is 429 g/mol. The Bertz CT molecular complexity index is 1040. The molecule has 0 unspecified atom stereocenters. The molecule has 1 radical (unpaired) electrons. The van der Waals surface area contributed by atoms with Gasteiger partial charge in [-0.3, -0.25) is 4.79 Å². The molecule has 0 spiro atoms. The zero-order valence-electron chi connectivity index (χ0n) is 15.9. The zero-order valence-corrected chi connectivity index (χ0v) is 17.6. The molecule has 4 rings (SSSR count). The summed E-state index contributed by atoms with van der Waals surface area (Å²) in [6, 6.07) is 15.3. The first-order chi connectivity index (χ1) is 13.8. The van der Waals surface area contributed by atoms with Gasteiger partial charge in [0.25, 0.3) is 0 Å². The van der Waals surface area contributed by atoms with Crippen LogP contribution in [0.3, 0.4) is 0 Å². The highest BCUT2D eigenvalue weighted by Gasteiger charge is 2.30. The van der Waals surface area contributed by atoms with Crippen LogP contribution in [0.5, 0.6) is 0 Å².